The van der Waals surface area contributed by atoms with Gasteiger partial charge in [-0.2, -0.15) is 0 Å². The Balaban J connectivity index is 2.25. The summed E-state index contributed by atoms with van der Waals surface area (Å²) < 4.78 is 0. The summed E-state index contributed by atoms with van der Waals surface area (Å²) in [6, 6.07) is 10.6. The Morgan fingerprint density at radius 3 is 2.50 bits per heavy atom. The molecule has 0 spiro atoms. The summed E-state index contributed by atoms with van der Waals surface area (Å²) in [7, 11) is 0. The molecule has 0 aromatic heterocycles. The van der Waals surface area contributed by atoms with E-state index in [0.717, 1.165) is 12.5 Å². The minimum absolute atomic E-state index is 0.804. The van der Waals surface area contributed by atoms with Crippen LogP contribution in [0.15, 0.2) is 30.3 Å². The van der Waals surface area contributed by atoms with Gasteiger partial charge in [0.05, 0.1) is 0 Å². The monoisotopic (exact) mass is 178 g/mol. The van der Waals surface area contributed by atoms with Crippen molar-refractivity contribution in [2.24, 2.45) is 5.92 Å². The number of rotatable bonds is 4. The van der Waals surface area contributed by atoms with Gasteiger partial charge in [0.2, 0.25) is 6.56 Å². The van der Waals surface area contributed by atoms with Crippen LogP contribution in [0.25, 0.3) is 0 Å². The normalized spacial score (nSPS) is 10.2. The fourth-order valence-corrected chi connectivity index (χ4v) is 2.00. The lowest BCUT2D eigenvalue weighted by atomic mass is 9.95. The van der Waals surface area contributed by atoms with Crippen LogP contribution in [0.2, 0.25) is 0 Å². The van der Waals surface area contributed by atoms with Crippen LogP contribution in [0.1, 0.15) is 13.8 Å². The van der Waals surface area contributed by atoms with Gasteiger partial charge in [0.25, 0.3) is 0 Å². The van der Waals surface area contributed by atoms with Gasteiger partial charge in [-0.15, -0.1) is 0 Å². The Kier molecular flexibility index (Phi) is 4.30. The van der Waals surface area contributed by atoms with E-state index in [-0.39, 0.29) is 0 Å². The molecule has 0 unspecified atom stereocenters. The Morgan fingerprint density at radius 1 is 1.25 bits per heavy atom. The molecule has 1 aromatic carbocycles. The highest BCUT2D eigenvalue weighted by atomic mass is 32.2. The summed E-state index contributed by atoms with van der Waals surface area (Å²) in [6.45, 7) is 5.68. The zero-order valence-electron chi connectivity index (χ0n) is 7.79. The fraction of sp³-hybridized carbons (Fsp3) is 0.400. The van der Waals surface area contributed by atoms with Crippen molar-refractivity contribution in [2.45, 2.75) is 13.8 Å². The highest BCUT2D eigenvalue weighted by Crippen LogP contribution is 2.04. The third-order valence-electron chi connectivity index (χ3n) is 1.56. The molecule has 64 valence electrons. The summed E-state index contributed by atoms with van der Waals surface area (Å²) in [5.74, 6) is 2.06. The van der Waals surface area contributed by atoms with Crippen molar-refractivity contribution < 1.29 is 0 Å². The van der Waals surface area contributed by atoms with Gasteiger partial charge < -0.3 is 0 Å². The molecule has 0 fully saturated rings. The van der Waals surface area contributed by atoms with Crippen LogP contribution < -0.4 is 5.46 Å². The molecule has 2 heteroatoms. The third-order valence-corrected chi connectivity index (χ3v) is 3.00. The lowest BCUT2D eigenvalue weighted by Crippen LogP contribution is -2.11. The zero-order valence-corrected chi connectivity index (χ0v) is 8.60. The van der Waals surface area contributed by atoms with Crippen LogP contribution in [0, 0.1) is 5.92 Å². The first-order valence-electron chi connectivity index (χ1n) is 4.40. The molecule has 0 saturated carbocycles. The average molecular weight is 178 g/mol. The molecule has 1 aromatic rings. The maximum atomic E-state index is 2.26. The highest BCUT2D eigenvalue weighted by molar-refractivity contribution is 8.23. The standard InChI is InChI=1S/C10H15BS/c1-9(2)8-12-11-10-6-4-3-5-7-10/h3-7,9,11H,8H2,1-2H3. The molecule has 0 atom stereocenters. The van der Waals surface area contributed by atoms with E-state index in [4.69, 9.17) is 0 Å². The molecule has 0 aliphatic rings. The first kappa shape index (κ1) is 9.72. The molecule has 0 saturated heterocycles. The molecule has 0 heterocycles. The van der Waals surface area contributed by atoms with Gasteiger partial charge in [-0.1, -0.05) is 49.6 Å². The number of benzene rings is 1. The smallest absolute Gasteiger partial charge is 0.208 e. The third kappa shape index (κ3) is 3.86. The molecule has 0 N–H and O–H groups in total. The van der Waals surface area contributed by atoms with Crippen LogP contribution in [0.4, 0.5) is 0 Å². The predicted octanol–water partition coefficient (Wildman–Crippen LogP) is 2.05. The van der Waals surface area contributed by atoms with Crippen molar-refractivity contribution >= 4 is 23.6 Å². The molecule has 0 nitrogen and oxygen atoms in total. The summed E-state index contributed by atoms with van der Waals surface area (Å²) in [5.41, 5.74) is 1.43. The zero-order chi connectivity index (χ0) is 8.81. The quantitative estimate of drug-likeness (QED) is 0.636. The molecule has 0 aliphatic heterocycles. The maximum absolute atomic E-state index is 2.26. The van der Waals surface area contributed by atoms with Crippen molar-refractivity contribution in [3.05, 3.63) is 30.3 Å². The lowest BCUT2D eigenvalue weighted by molar-refractivity contribution is 0.752. The van der Waals surface area contributed by atoms with E-state index in [1.54, 1.807) is 0 Å². The second kappa shape index (κ2) is 5.31. The SMILES string of the molecule is CC(C)CSBc1ccccc1. The molecular weight excluding hydrogens is 163 g/mol. The van der Waals surface area contributed by atoms with E-state index < -0.39 is 0 Å². The van der Waals surface area contributed by atoms with Crippen molar-refractivity contribution in [3.8, 4) is 0 Å². The molecule has 1 rings (SSSR count). The molecular formula is C10H15BS. The largest absolute Gasteiger partial charge is 0.224 e. The second-order valence-corrected chi connectivity index (χ2v) is 4.42. The van der Waals surface area contributed by atoms with E-state index in [1.165, 1.54) is 11.2 Å². The first-order chi connectivity index (χ1) is 5.79. The molecule has 0 bridgehead atoms. The van der Waals surface area contributed by atoms with Gasteiger partial charge >= 0.3 is 0 Å². The van der Waals surface area contributed by atoms with Crippen LogP contribution >= 0.6 is 11.6 Å². The van der Waals surface area contributed by atoms with E-state index in [1.807, 2.05) is 11.6 Å². The first-order valence-corrected chi connectivity index (χ1v) is 5.56. The number of hydrogen-bond acceptors (Lipinski definition) is 1. The van der Waals surface area contributed by atoms with Gasteiger partial charge in [0.15, 0.2) is 0 Å². The van der Waals surface area contributed by atoms with Crippen molar-refractivity contribution in [1.29, 1.82) is 0 Å². The molecule has 0 amide bonds. The summed E-state index contributed by atoms with van der Waals surface area (Å²) in [5, 5.41) is 0. The van der Waals surface area contributed by atoms with Gasteiger partial charge in [-0.3, -0.25) is 0 Å². The predicted molar refractivity (Wildman–Crippen MR) is 60.5 cm³/mol. The fourth-order valence-electron chi connectivity index (χ4n) is 0.987. The number of hydrogen-bond donors (Lipinski definition) is 0. The second-order valence-electron chi connectivity index (χ2n) is 3.39. The van der Waals surface area contributed by atoms with E-state index in [2.05, 4.69) is 44.2 Å². The maximum Gasteiger partial charge on any atom is 0.224 e. The Morgan fingerprint density at radius 2 is 1.92 bits per heavy atom. The molecule has 0 radical (unpaired) electrons. The van der Waals surface area contributed by atoms with Crippen LogP contribution in [-0.2, 0) is 0 Å². The van der Waals surface area contributed by atoms with Crippen molar-refractivity contribution in [3.63, 3.8) is 0 Å². The van der Waals surface area contributed by atoms with Gasteiger partial charge in [0, 0.05) is 0 Å². The van der Waals surface area contributed by atoms with E-state index in [9.17, 15) is 0 Å². The van der Waals surface area contributed by atoms with E-state index >= 15 is 0 Å². The summed E-state index contributed by atoms with van der Waals surface area (Å²) in [4.78, 5) is 0. The van der Waals surface area contributed by atoms with Crippen LogP contribution in [0.3, 0.4) is 0 Å². The molecule has 0 aliphatic carbocycles. The van der Waals surface area contributed by atoms with E-state index in [0.29, 0.717) is 0 Å². The van der Waals surface area contributed by atoms with Gasteiger partial charge in [0.1, 0.15) is 0 Å². The topological polar surface area (TPSA) is 0 Å². The Hall–Kier alpha value is -0.365. The Labute approximate surface area is 79.9 Å². The van der Waals surface area contributed by atoms with Crippen molar-refractivity contribution in [2.75, 3.05) is 5.75 Å². The minimum atomic E-state index is 0.804. The minimum Gasteiger partial charge on any atom is -0.208 e. The highest BCUT2D eigenvalue weighted by Gasteiger charge is 1.97. The van der Waals surface area contributed by atoms with Crippen molar-refractivity contribution in [1.82, 2.24) is 0 Å². The Bertz CT molecular complexity index is 208. The lowest BCUT2D eigenvalue weighted by Gasteiger charge is -2.02. The van der Waals surface area contributed by atoms with Crippen LogP contribution in [0.5, 0.6) is 0 Å². The van der Waals surface area contributed by atoms with Gasteiger partial charge in [-0.25, -0.2) is 11.6 Å². The molecule has 12 heavy (non-hydrogen) atoms. The summed E-state index contributed by atoms with van der Waals surface area (Å²) in [6.07, 6.45) is 0. The summed E-state index contributed by atoms with van der Waals surface area (Å²) >= 11 is 2.01. The average Bonchev–Trinajstić information content (AvgIpc) is 2.05. The van der Waals surface area contributed by atoms with Crippen LogP contribution in [-0.4, -0.2) is 12.3 Å². The van der Waals surface area contributed by atoms with Gasteiger partial charge in [-0.05, 0) is 11.7 Å².